The molecule has 1 aliphatic heterocycles. The monoisotopic (exact) mass is 429 g/mol. The van der Waals surface area contributed by atoms with Gasteiger partial charge in [-0.3, -0.25) is 9.52 Å². The number of carbonyl (C=O) groups excluding carboxylic acids is 1. The van der Waals surface area contributed by atoms with Crippen LogP contribution in [-0.4, -0.2) is 45.4 Å². The van der Waals surface area contributed by atoms with Gasteiger partial charge in [0.25, 0.3) is 15.9 Å². The molecule has 1 aliphatic rings. The number of likely N-dealkylation sites (tertiary alicyclic amines) is 1. The Morgan fingerprint density at radius 3 is 2.41 bits per heavy atom. The van der Waals surface area contributed by atoms with Crippen molar-refractivity contribution in [2.24, 2.45) is 0 Å². The lowest BCUT2D eigenvalue weighted by Gasteiger charge is -2.29. The number of benzene rings is 2. The number of sulfonamides is 1. The van der Waals surface area contributed by atoms with Crippen molar-refractivity contribution in [1.29, 1.82) is 0 Å². The number of carbonyl (C=O) groups is 1. The van der Waals surface area contributed by atoms with E-state index in [0.717, 1.165) is 48.0 Å². The number of anilines is 1. The average molecular weight is 430 g/mol. The van der Waals surface area contributed by atoms with E-state index >= 15 is 0 Å². The Labute approximate surface area is 174 Å². The summed E-state index contributed by atoms with van der Waals surface area (Å²) in [5, 5.41) is 6.55. The fourth-order valence-corrected chi connectivity index (χ4v) is 5.60. The highest BCUT2D eigenvalue weighted by Crippen LogP contribution is 2.28. The zero-order valence-electron chi connectivity index (χ0n) is 16.1. The lowest BCUT2D eigenvalue weighted by molar-refractivity contribution is 0.0918. The molecule has 0 aliphatic carbocycles. The molecule has 0 atom stereocenters. The fraction of sp³-hybridized carbons (Fsp3) is 0.286. The summed E-state index contributed by atoms with van der Waals surface area (Å²) in [5.41, 5.74) is 0.630. The first-order valence-corrected chi connectivity index (χ1v) is 11.9. The molecule has 4 rings (SSSR count). The number of hydrogen-bond acceptors (Lipinski definition) is 5. The van der Waals surface area contributed by atoms with Gasteiger partial charge < -0.3 is 10.2 Å². The number of piperidine rings is 1. The van der Waals surface area contributed by atoms with E-state index in [4.69, 9.17) is 0 Å². The average Bonchev–Trinajstić information content (AvgIpc) is 3.25. The number of rotatable bonds is 5. The molecule has 3 aromatic rings. The predicted molar refractivity (Wildman–Crippen MR) is 117 cm³/mol. The maximum atomic E-state index is 13.1. The third kappa shape index (κ3) is 4.44. The second kappa shape index (κ2) is 8.14. The largest absolute Gasteiger partial charge is 0.349 e. The third-order valence-corrected chi connectivity index (χ3v) is 7.95. The minimum absolute atomic E-state index is 0.0897. The number of nitrogens with one attached hydrogen (secondary N) is 2. The van der Waals surface area contributed by atoms with E-state index in [1.54, 1.807) is 29.6 Å². The van der Waals surface area contributed by atoms with Crippen LogP contribution in [0.2, 0.25) is 0 Å². The van der Waals surface area contributed by atoms with Crippen LogP contribution in [0.1, 0.15) is 23.2 Å². The highest BCUT2D eigenvalue weighted by molar-refractivity contribution is 7.94. The first-order valence-electron chi connectivity index (χ1n) is 9.51. The summed E-state index contributed by atoms with van der Waals surface area (Å²) in [5.74, 6) is -0.255. The summed E-state index contributed by atoms with van der Waals surface area (Å²) in [6, 6.07) is 14.4. The highest BCUT2D eigenvalue weighted by Gasteiger charge is 2.23. The van der Waals surface area contributed by atoms with E-state index in [9.17, 15) is 13.2 Å². The van der Waals surface area contributed by atoms with Crippen LogP contribution in [0.25, 0.3) is 10.8 Å². The Morgan fingerprint density at radius 2 is 1.76 bits per heavy atom. The molecule has 152 valence electrons. The minimum atomic E-state index is -3.75. The Hall–Kier alpha value is -2.42. The molecule has 0 spiro atoms. The Bertz CT molecular complexity index is 1120. The van der Waals surface area contributed by atoms with Gasteiger partial charge in [-0.05, 0) is 67.3 Å². The van der Waals surface area contributed by atoms with Crippen LogP contribution in [-0.2, 0) is 10.0 Å². The third-order valence-electron chi connectivity index (χ3n) is 5.19. The predicted octanol–water partition coefficient (Wildman–Crippen LogP) is 3.53. The van der Waals surface area contributed by atoms with Gasteiger partial charge in [-0.25, -0.2) is 8.42 Å². The smallest absolute Gasteiger partial charge is 0.271 e. The van der Waals surface area contributed by atoms with Gasteiger partial charge in [-0.15, -0.1) is 11.3 Å². The second-order valence-electron chi connectivity index (χ2n) is 7.33. The van der Waals surface area contributed by atoms with Crippen LogP contribution in [0.4, 0.5) is 5.69 Å². The van der Waals surface area contributed by atoms with Crippen LogP contribution in [0, 0.1) is 0 Å². The first kappa shape index (κ1) is 19.9. The quantitative estimate of drug-likeness (QED) is 0.650. The summed E-state index contributed by atoms with van der Waals surface area (Å²) in [4.78, 5) is 15.3. The minimum Gasteiger partial charge on any atom is -0.349 e. The van der Waals surface area contributed by atoms with Gasteiger partial charge >= 0.3 is 0 Å². The van der Waals surface area contributed by atoms with Crippen LogP contribution in [0.15, 0.2) is 58.1 Å². The number of nitrogens with zero attached hydrogens (tertiary/aromatic N) is 1. The normalized spacial score (nSPS) is 16.0. The summed E-state index contributed by atoms with van der Waals surface area (Å²) >= 11 is 1.14. The molecule has 29 heavy (non-hydrogen) atoms. The lowest BCUT2D eigenvalue weighted by Crippen LogP contribution is -2.43. The van der Waals surface area contributed by atoms with Gasteiger partial charge in [0, 0.05) is 6.04 Å². The van der Waals surface area contributed by atoms with E-state index in [0.29, 0.717) is 11.3 Å². The van der Waals surface area contributed by atoms with Gasteiger partial charge in [0.15, 0.2) is 0 Å². The standard InChI is InChI=1S/C21H23N3O3S2/c1-24-10-8-17(9-11-24)22-21(25)18-13-15-5-2-3-6-16(15)14-19(18)23-29(26,27)20-7-4-12-28-20/h2-7,12-14,17,23H,8-11H2,1H3,(H,22,25). The first-order chi connectivity index (χ1) is 13.9. The zero-order chi connectivity index (χ0) is 20.4. The molecule has 2 N–H and O–H groups in total. The van der Waals surface area contributed by atoms with E-state index in [2.05, 4.69) is 22.0 Å². The van der Waals surface area contributed by atoms with Gasteiger partial charge in [0.2, 0.25) is 0 Å². The molecule has 0 unspecified atom stereocenters. The molecule has 2 heterocycles. The second-order valence-corrected chi connectivity index (χ2v) is 10.2. The molecule has 1 amide bonds. The fourth-order valence-electron chi connectivity index (χ4n) is 3.54. The number of hydrogen-bond donors (Lipinski definition) is 2. The van der Waals surface area contributed by atoms with Crippen molar-refractivity contribution in [3.63, 3.8) is 0 Å². The van der Waals surface area contributed by atoms with Gasteiger partial charge in [0.1, 0.15) is 4.21 Å². The lowest BCUT2D eigenvalue weighted by atomic mass is 10.0. The number of amides is 1. The highest BCUT2D eigenvalue weighted by atomic mass is 32.2. The van der Waals surface area contributed by atoms with Crippen molar-refractivity contribution >= 4 is 43.7 Å². The molecular weight excluding hydrogens is 406 g/mol. The van der Waals surface area contributed by atoms with Crippen molar-refractivity contribution in [3.05, 3.63) is 59.5 Å². The zero-order valence-corrected chi connectivity index (χ0v) is 17.7. The van der Waals surface area contributed by atoms with Gasteiger partial charge in [-0.1, -0.05) is 30.3 Å². The van der Waals surface area contributed by atoms with Gasteiger partial charge in [-0.2, -0.15) is 0 Å². The molecule has 1 aromatic heterocycles. The maximum Gasteiger partial charge on any atom is 0.271 e. The van der Waals surface area contributed by atoms with E-state index in [-0.39, 0.29) is 16.2 Å². The SMILES string of the molecule is CN1CCC(NC(=O)c2cc3ccccc3cc2NS(=O)(=O)c2cccs2)CC1. The molecule has 6 nitrogen and oxygen atoms in total. The molecule has 2 aromatic carbocycles. The summed E-state index contributed by atoms with van der Waals surface area (Å²) < 4.78 is 28.4. The van der Waals surface area contributed by atoms with Crippen LogP contribution in [0.5, 0.6) is 0 Å². The van der Waals surface area contributed by atoms with Crippen molar-refractivity contribution in [3.8, 4) is 0 Å². The molecule has 0 saturated carbocycles. The Morgan fingerprint density at radius 1 is 1.07 bits per heavy atom. The molecule has 0 bridgehead atoms. The summed E-state index contributed by atoms with van der Waals surface area (Å²) in [6.45, 7) is 1.86. The van der Waals surface area contributed by atoms with Gasteiger partial charge in [0.05, 0.1) is 11.3 Å². The molecule has 1 fully saturated rings. The van der Waals surface area contributed by atoms with E-state index in [1.807, 2.05) is 24.3 Å². The van der Waals surface area contributed by atoms with Crippen molar-refractivity contribution in [2.45, 2.75) is 23.1 Å². The van der Waals surface area contributed by atoms with E-state index in [1.165, 1.54) is 0 Å². The summed E-state index contributed by atoms with van der Waals surface area (Å²) in [7, 11) is -1.68. The Kier molecular flexibility index (Phi) is 5.58. The molecule has 8 heteroatoms. The molecule has 1 saturated heterocycles. The molecule has 0 radical (unpaired) electrons. The van der Waals surface area contributed by atoms with Crippen molar-refractivity contribution < 1.29 is 13.2 Å². The number of thiophene rings is 1. The molecular formula is C21H23N3O3S2. The van der Waals surface area contributed by atoms with E-state index < -0.39 is 10.0 Å². The summed E-state index contributed by atoms with van der Waals surface area (Å²) in [6.07, 6.45) is 1.76. The van der Waals surface area contributed by atoms with Crippen LogP contribution in [0.3, 0.4) is 0 Å². The van der Waals surface area contributed by atoms with Crippen molar-refractivity contribution in [1.82, 2.24) is 10.2 Å². The number of fused-ring (bicyclic) bond motifs is 1. The van der Waals surface area contributed by atoms with Crippen molar-refractivity contribution in [2.75, 3.05) is 24.9 Å². The van der Waals surface area contributed by atoms with Crippen LogP contribution >= 0.6 is 11.3 Å². The topological polar surface area (TPSA) is 78.5 Å². The maximum absolute atomic E-state index is 13.1. The Balaban J connectivity index is 1.67. The van der Waals surface area contributed by atoms with Crippen LogP contribution < -0.4 is 10.0 Å².